The molecule has 0 aliphatic rings. The van der Waals surface area contributed by atoms with E-state index < -0.39 is 23.4 Å². The van der Waals surface area contributed by atoms with Crippen LogP contribution < -0.4 is 10.1 Å². The summed E-state index contributed by atoms with van der Waals surface area (Å²) in [6.07, 6.45) is 2.16. The number of carbonyl (C=O) groups is 2. The average Bonchev–Trinajstić information content (AvgIpc) is 3.40. The summed E-state index contributed by atoms with van der Waals surface area (Å²) in [5.74, 6) is -0.931. The number of benzene rings is 1. The van der Waals surface area contributed by atoms with Gasteiger partial charge in [0.2, 0.25) is 5.95 Å². The number of fused-ring (bicyclic) bond motifs is 1. The summed E-state index contributed by atoms with van der Waals surface area (Å²) in [5.41, 5.74) is 1.95. The smallest absolute Gasteiger partial charge is 0.345 e. The van der Waals surface area contributed by atoms with Gasteiger partial charge in [0.15, 0.2) is 11.8 Å². The lowest BCUT2D eigenvalue weighted by Crippen LogP contribution is -2.39. The molecule has 1 amide bonds. The van der Waals surface area contributed by atoms with Crippen molar-refractivity contribution in [2.45, 2.75) is 26.9 Å². The summed E-state index contributed by atoms with van der Waals surface area (Å²) in [6.45, 7) is 5.36. The van der Waals surface area contributed by atoms with E-state index >= 15 is 0 Å². The Morgan fingerprint density at radius 1 is 1.12 bits per heavy atom. The number of hydrogen-bond donors (Lipinski definition) is 2. The molecule has 1 aromatic carbocycles. The fourth-order valence-corrected chi connectivity index (χ4v) is 3.18. The number of aliphatic carboxylic acids is 1. The van der Waals surface area contributed by atoms with Crippen LogP contribution in [0.2, 0.25) is 0 Å². The maximum atomic E-state index is 12.7. The molecule has 0 saturated carbocycles. The SMILES string of the molecule is CC(C)(C)C(Oc1ccc(C(=O)Nc2nc3cccc(-c4ccoc4)n3n2)cc1)C(=O)O. The van der Waals surface area contributed by atoms with E-state index in [9.17, 15) is 14.7 Å². The van der Waals surface area contributed by atoms with Crippen LogP contribution in [0.4, 0.5) is 5.95 Å². The zero-order chi connectivity index (χ0) is 22.9. The normalized spacial score (nSPS) is 12.5. The molecule has 1 atom stereocenters. The van der Waals surface area contributed by atoms with Crippen LogP contribution in [0.3, 0.4) is 0 Å². The first kappa shape index (κ1) is 21.1. The highest BCUT2D eigenvalue weighted by Crippen LogP contribution is 2.26. The van der Waals surface area contributed by atoms with Crippen molar-refractivity contribution in [3.05, 3.63) is 66.6 Å². The first-order valence-electron chi connectivity index (χ1n) is 9.91. The number of nitrogens with one attached hydrogen (secondary N) is 1. The molecule has 1 unspecified atom stereocenters. The number of anilines is 1. The highest BCUT2D eigenvalue weighted by Gasteiger charge is 2.33. The van der Waals surface area contributed by atoms with Crippen LogP contribution in [0.5, 0.6) is 5.75 Å². The van der Waals surface area contributed by atoms with Crippen LogP contribution in [0.15, 0.2) is 65.5 Å². The minimum Gasteiger partial charge on any atom is -0.478 e. The zero-order valence-electron chi connectivity index (χ0n) is 17.8. The molecule has 0 bridgehead atoms. The number of rotatable bonds is 6. The lowest BCUT2D eigenvalue weighted by Gasteiger charge is -2.27. The van der Waals surface area contributed by atoms with E-state index in [0.717, 1.165) is 11.3 Å². The molecule has 0 saturated heterocycles. The maximum Gasteiger partial charge on any atom is 0.345 e. The molecule has 32 heavy (non-hydrogen) atoms. The topological polar surface area (TPSA) is 119 Å². The first-order valence-corrected chi connectivity index (χ1v) is 9.91. The van der Waals surface area contributed by atoms with Gasteiger partial charge in [0.05, 0.1) is 18.2 Å². The number of pyridine rings is 1. The second-order valence-corrected chi connectivity index (χ2v) is 8.31. The molecule has 3 heterocycles. The average molecular weight is 434 g/mol. The summed E-state index contributed by atoms with van der Waals surface area (Å²) in [7, 11) is 0. The van der Waals surface area contributed by atoms with Crippen LogP contribution in [-0.4, -0.2) is 37.7 Å². The second-order valence-electron chi connectivity index (χ2n) is 8.31. The quantitative estimate of drug-likeness (QED) is 0.468. The third kappa shape index (κ3) is 4.31. The Labute approximate surface area is 183 Å². The maximum absolute atomic E-state index is 12.7. The molecule has 9 heteroatoms. The van der Waals surface area contributed by atoms with Crippen molar-refractivity contribution in [2.24, 2.45) is 5.41 Å². The number of aromatic nitrogens is 3. The molecule has 4 rings (SSSR count). The Hall–Kier alpha value is -4.14. The van der Waals surface area contributed by atoms with Crippen molar-refractivity contribution in [1.29, 1.82) is 0 Å². The summed E-state index contributed by atoms with van der Waals surface area (Å²) in [4.78, 5) is 28.5. The monoisotopic (exact) mass is 434 g/mol. The molecule has 0 aliphatic carbocycles. The number of furan rings is 1. The van der Waals surface area contributed by atoms with E-state index in [-0.39, 0.29) is 5.95 Å². The van der Waals surface area contributed by atoms with Gasteiger partial charge in [-0.3, -0.25) is 10.1 Å². The minimum atomic E-state index is -1.05. The van der Waals surface area contributed by atoms with Gasteiger partial charge >= 0.3 is 5.97 Å². The van der Waals surface area contributed by atoms with Gasteiger partial charge in [0, 0.05) is 16.5 Å². The molecular weight excluding hydrogens is 412 g/mol. The third-order valence-electron chi connectivity index (χ3n) is 4.78. The Bertz CT molecular complexity index is 1250. The molecule has 0 fully saturated rings. The Morgan fingerprint density at radius 2 is 1.88 bits per heavy atom. The van der Waals surface area contributed by atoms with Gasteiger partial charge < -0.3 is 14.3 Å². The van der Waals surface area contributed by atoms with Crippen LogP contribution in [0.25, 0.3) is 16.9 Å². The van der Waals surface area contributed by atoms with Gasteiger partial charge in [0.1, 0.15) is 5.75 Å². The number of ether oxygens (including phenoxy) is 1. The second kappa shape index (κ2) is 8.18. The van der Waals surface area contributed by atoms with Gasteiger partial charge in [-0.05, 0) is 42.5 Å². The molecular formula is C23H22N4O5. The Kier molecular flexibility index (Phi) is 5.40. The van der Waals surface area contributed by atoms with Gasteiger partial charge in [-0.2, -0.15) is 4.98 Å². The van der Waals surface area contributed by atoms with Crippen molar-refractivity contribution in [3.8, 4) is 17.0 Å². The van der Waals surface area contributed by atoms with Crippen molar-refractivity contribution < 1.29 is 23.8 Å². The fraction of sp³-hybridized carbons (Fsp3) is 0.217. The van der Waals surface area contributed by atoms with Crippen molar-refractivity contribution in [2.75, 3.05) is 5.32 Å². The van der Waals surface area contributed by atoms with Gasteiger partial charge in [-0.1, -0.05) is 26.8 Å². The van der Waals surface area contributed by atoms with Crippen molar-refractivity contribution >= 4 is 23.5 Å². The number of carboxylic acids is 1. The number of carbonyl (C=O) groups excluding carboxylic acids is 1. The van der Waals surface area contributed by atoms with E-state index in [1.165, 1.54) is 0 Å². The molecule has 2 N–H and O–H groups in total. The summed E-state index contributed by atoms with van der Waals surface area (Å²) in [5, 5.41) is 16.5. The van der Waals surface area contributed by atoms with Crippen LogP contribution in [0, 0.1) is 5.41 Å². The predicted octanol–water partition coefficient (Wildman–Crippen LogP) is 4.12. The van der Waals surface area contributed by atoms with Crippen LogP contribution >= 0.6 is 0 Å². The van der Waals surface area contributed by atoms with Crippen molar-refractivity contribution in [3.63, 3.8) is 0 Å². The molecule has 164 valence electrons. The highest BCUT2D eigenvalue weighted by atomic mass is 16.5. The summed E-state index contributed by atoms with van der Waals surface area (Å²) < 4.78 is 12.4. The van der Waals surface area contributed by atoms with E-state index in [1.54, 1.807) is 68.1 Å². The standard InChI is InChI=1S/C23H22N4O5/c1-23(2,3)19(21(29)30)32-16-9-7-14(8-10-16)20(28)25-22-24-18-6-4-5-17(27(18)26-22)15-11-12-31-13-15/h4-13,19H,1-3H3,(H,29,30)(H,25,26,28). The minimum absolute atomic E-state index is 0.157. The third-order valence-corrected chi connectivity index (χ3v) is 4.78. The van der Waals surface area contributed by atoms with Crippen LogP contribution in [0.1, 0.15) is 31.1 Å². The number of amides is 1. The van der Waals surface area contributed by atoms with Gasteiger partial charge in [-0.25, -0.2) is 9.31 Å². The zero-order valence-corrected chi connectivity index (χ0v) is 17.8. The van der Waals surface area contributed by atoms with E-state index in [0.29, 0.717) is 17.0 Å². The molecule has 0 spiro atoms. The van der Waals surface area contributed by atoms with Crippen molar-refractivity contribution in [1.82, 2.24) is 14.6 Å². The largest absolute Gasteiger partial charge is 0.478 e. The fourth-order valence-electron chi connectivity index (χ4n) is 3.18. The highest BCUT2D eigenvalue weighted by molar-refractivity contribution is 6.03. The molecule has 0 aliphatic heterocycles. The number of nitrogens with zero attached hydrogens (tertiary/aromatic N) is 3. The van der Waals surface area contributed by atoms with E-state index in [1.807, 2.05) is 18.2 Å². The summed E-state index contributed by atoms with van der Waals surface area (Å²) in [6, 6.07) is 13.5. The molecule has 4 aromatic rings. The van der Waals surface area contributed by atoms with Gasteiger partial charge in [-0.15, -0.1) is 5.10 Å². The summed E-state index contributed by atoms with van der Waals surface area (Å²) >= 11 is 0. The number of hydrogen-bond acceptors (Lipinski definition) is 6. The van der Waals surface area contributed by atoms with E-state index in [4.69, 9.17) is 9.15 Å². The lowest BCUT2D eigenvalue weighted by molar-refractivity contribution is -0.150. The molecule has 3 aromatic heterocycles. The Morgan fingerprint density at radius 3 is 2.50 bits per heavy atom. The van der Waals surface area contributed by atoms with Crippen LogP contribution in [-0.2, 0) is 4.79 Å². The van der Waals surface area contributed by atoms with Gasteiger partial charge in [0.25, 0.3) is 5.91 Å². The van der Waals surface area contributed by atoms with E-state index in [2.05, 4.69) is 15.4 Å². The molecule has 9 nitrogen and oxygen atoms in total. The first-order chi connectivity index (χ1) is 15.2. The number of carboxylic acid groups (broad SMARTS) is 1. The lowest BCUT2D eigenvalue weighted by atomic mass is 9.89. The molecule has 0 radical (unpaired) electrons. The Balaban J connectivity index is 1.50. The predicted molar refractivity (Wildman–Crippen MR) is 117 cm³/mol.